The Balaban J connectivity index is 1.94. The third kappa shape index (κ3) is 5.44. The molecule has 0 saturated carbocycles. The number of aryl methyl sites for hydroxylation is 1. The first kappa shape index (κ1) is 20.7. The van der Waals surface area contributed by atoms with Crippen molar-refractivity contribution in [1.82, 2.24) is 9.62 Å². The molecule has 1 aliphatic rings. The number of amides is 1. The summed E-state index contributed by atoms with van der Waals surface area (Å²) in [6.45, 7) is 0.903. The van der Waals surface area contributed by atoms with Crippen molar-refractivity contribution in [3.8, 4) is 0 Å². The molecule has 0 radical (unpaired) electrons. The van der Waals surface area contributed by atoms with Gasteiger partial charge >= 0.3 is 6.18 Å². The van der Waals surface area contributed by atoms with E-state index in [0.29, 0.717) is 0 Å². The maximum Gasteiger partial charge on any atom is 0.405 e. The van der Waals surface area contributed by atoms with Crippen molar-refractivity contribution in [2.75, 3.05) is 19.6 Å². The van der Waals surface area contributed by atoms with Crippen molar-refractivity contribution in [2.45, 2.75) is 43.7 Å². The summed E-state index contributed by atoms with van der Waals surface area (Å²) in [4.78, 5) is 12.0. The van der Waals surface area contributed by atoms with E-state index in [1.807, 2.05) is 12.2 Å². The Morgan fingerprint density at radius 2 is 1.77 bits per heavy atom. The Kier molecular flexibility index (Phi) is 6.68. The third-order valence-corrected chi connectivity index (χ3v) is 6.30. The van der Waals surface area contributed by atoms with E-state index in [1.165, 1.54) is 4.31 Å². The zero-order valence-electron chi connectivity index (χ0n) is 14.6. The van der Waals surface area contributed by atoms with Crippen molar-refractivity contribution in [2.24, 2.45) is 5.92 Å². The van der Waals surface area contributed by atoms with E-state index in [-0.39, 0.29) is 30.8 Å². The number of alkyl halides is 3. The van der Waals surface area contributed by atoms with Crippen LogP contribution in [-0.2, 0) is 21.2 Å². The molecular weight excluding hydrogens is 369 g/mol. The van der Waals surface area contributed by atoms with Crippen LogP contribution in [-0.4, -0.2) is 44.4 Å². The number of sulfonamides is 1. The van der Waals surface area contributed by atoms with E-state index >= 15 is 0 Å². The SMILES string of the molecule is CCCc1ccc(S(=O)(=O)N2CCC(C(=O)NCC(F)(F)F)CC2)cc1. The van der Waals surface area contributed by atoms with Gasteiger partial charge in [-0.05, 0) is 37.0 Å². The molecule has 146 valence electrons. The molecule has 0 unspecified atom stereocenters. The van der Waals surface area contributed by atoms with Gasteiger partial charge in [-0.25, -0.2) is 8.42 Å². The van der Waals surface area contributed by atoms with Gasteiger partial charge in [-0.2, -0.15) is 17.5 Å². The van der Waals surface area contributed by atoms with E-state index in [2.05, 4.69) is 0 Å². The maximum absolute atomic E-state index is 12.7. The Morgan fingerprint density at radius 1 is 1.19 bits per heavy atom. The van der Waals surface area contributed by atoms with E-state index < -0.39 is 34.6 Å². The largest absolute Gasteiger partial charge is 0.405 e. The molecule has 1 aliphatic heterocycles. The number of carbonyl (C=O) groups is 1. The second-order valence-electron chi connectivity index (χ2n) is 6.41. The number of hydrogen-bond acceptors (Lipinski definition) is 3. The summed E-state index contributed by atoms with van der Waals surface area (Å²) in [5.74, 6) is -1.28. The standard InChI is InChI=1S/C17H23F3N2O3S/c1-2-3-13-4-6-15(7-5-13)26(24,25)22-10-8-14(9-11-22)16(23)21-12-17(18,19)20/h4-7,14H,2-3,8-12H2,1H3,(H,21,23). The maximum atomic E-state index is 12.7. The molecular formula is C17H23F3N2O3S. The van der Waals surface area contributed by atoms with Gasteiger partial charge in [0, 0.05) is 19.0 Å². The van der Waals surface area contributed by atoms with Gasteiger partial charge in [-0.15, -0.1) is 0 Å². The molecule has 9 heteroatoms. The minimum absolute atomic E-state index is 0.114. The van der Waals surface area contributed by atoms with Crippen LogP contribution in [0.3, 0.4) is 0 Å². The average Bonchev–Trinajstić information content (AvgIpc) is 2.60. The third-order valence-electron chi connectivity index (χ3n) is 4.39. The fourth-order valence-corrected chi connectivity index (χ4v) is 4.43. The van der Waals surface area contributed by atoms with E-state index in [9.17, 15) is 26.4 Å². The summed E-state index contributed by atoms with van der Waals surface area (Å²) in [6, 6.07) is 6.71. The molecule has 0 spiro atoms. The molecule has 1 aromatic carbocycles. The summed E-state index contributed by atoms with van der Waals surface area (Å²) in [5, 5.41) is 1.86. The highest BCUT2D eigenvalue weighted by atomic mass is 32.2. The van der Waals surface area contributed by atoms with Gasteiger partial charge < -0.3 is 5.32 Å². The van der Waals surface area contributed by atoms with Crippen molar-refractivity contribution in [3.63, 3.8) is 0 Å². The number of nitrogens with zero attached hydrogens (tertiary/aromatic N) is 1. The minimum Gasteiger partial charge on any atom is -0.347 e. The van der Waals surface area contributed by atoms with Crippen LogP contribution in [0.1, 0.15) is 31.7 Å². The lowest BCUT2D eigenvalue weighted by Crippen LogP contribution is -2.44. The molecule has 1 aromatic rings. The van der Waals surface area contributed by atoms with Crippen LogP contribution < -0.4 is 5.32 Å². The second-order valence-corrected chi connectivity index (χ2v) is 8.34. The first-order valence-electron chi connectivity index (χ1n) is 8.57. The van der Waals surface area contributed by atoms with Gasteiger partial charge in [0.1, 0.15) is 6.54 Å². The van der Waals surface area contributed by atoms with Crippen molar-refractivity contribution in [3.05, 3.63) is 29.8 Å². The monoisotopic (exact) mass is 392 g/mol. The molecule has 1 saturated heterocycles. The number of hydrogen-bond donors (Lipinski definition) is 1. The first-order valence-corrected chi connectivity index (χ1v) is 10.0. The Hall–Kier alpha value is -1.61. The molecule has 2 rings (SSSR count). The lowest BCUT2D eigenvalue weighted by molar-refractivity contribution is -0.141. The van der Waals surface area contributed by atoms with Crippen LogP contribution in [0, 0.1) is 5.92 Å². The normalized spacial score (nSPS) is 17.2. The molecule has 1 amide bonds. The van der Waals surface area contributed by atoms with Gasteiger partial charge in [0.2, 0.25) is 15.9 Å². The van der Waals surface area contributed by atoms with Gasteiger partial charge in [-0.3, -0.25) is 4.79 Å². The molecule has 0 bridgehead atoms. The smallest absolute Gasteiger partial charge is 0.347 e. The van der Waals surface area contributed by atoms with Crippen LogP contribution in [0.4, 0.5) is 13.2 Å². The van der Waals surface area contributed by atoms with Crippen LogP contribution in [0.5, 0.6) is 0 Å². The minimum atomic E-state index is -4.45. The zero-order valence-corrected chi connectivity index (χ0v) is 15.4. The van der Waals surface area contributed by atoms with Gasteiger partial charge in [0.15, 0.2) is 0 Å². The highest BCUT2D eigenvalue weighted by Crippen LogP contribution is 2.24. The number of rotatable bonds is 6. The zero-order chi connectivity index (χ0) is 19.4. The number of nitrogens with one attached hydrogen (secondary N) is 1. The lowest BCUT2D eigenvalue weighted by Gasteiger charge is -2.30. The molecule has 1 N–H and O–H groups in total. The van der Waals surface area contributed by atoms with Gasteiger partial charge in [0.05, 0.1) is 4.90 Å². The average molecular weight is 392 g/mol. The van der Waals surface area contributed by atoms with E-state index in [0.717, 1.165) is 18.4 Å². The first-order chi connectivity index (χ1) is 12.1. The molecule has 1 heterocycles. The number of piperidine rings is 1. The summed E-state index contributed by atoms with van der Waals surface area (Å²) >= 11 is 0. The predicted octanol–water partition coefficient (Wildman–Crippen LogP) is 2.72. The van der Waals surface area contributed by atoms with Crippen molar-refractivity contribution < 1.29 is 26.4 Å². The van der Waals surface area contributed by atoms with Crippen LogP contribution in [0.2, 0.25) is 0 Å². The van der Waals surface area contributed by atoms with Crippen LogP contribution >= 0.6 is 0 Å². The quantitative estimate of drug-likeness (QED) is 0.810. The van der Waals surface area contributed by atoms with Gasteiger partial charge in [0.25, 0.3) is 0 Å². The fourth-order valence-electron chi connectivity index (χ4n) is 2.96. The highest BCUT2D eigenvalue weighted by Gasteiger charge is 2.34. The van der Waals surface area contributed by atoms with Crippen molar-refractivity contribution >= 4 is 15.9 Å². The Morgan fingerprint density at radius 3 is 2.27 bits per heavy atom. The van der Waals surface area contributed by atoms with Gasteiger partial charge in [-0.1, -0.05) is 25.5 Å². The predicted molar refractivity (Wildman–Crippen MR) is 91.0 cm³/mol. The Labute approximate surface area is 151 Å². The van der Waals surface area contributed by atoms with E-state index in [4.69, 9.17) is 0 Å². The summed E-state index contributed by atoms with van der Waals surface area (Å²) in [7, 11) is -3.66. The fraction of sp³-hybridized carbons (Fsp3) is 0.588. The van der Waals surface area contributed by atoms with Crippen LogP contribution in [0.25, 0.3) is 0 Å². The summed E-state index contributed by atoms with van der Waals surface area (Å²) < 4.78 is 63.1. The molecule has 0 aromatic heterocycles. The molecule has 26 heavy (non-hydrogen) atoms. The molecule has 0 atom stereocenters. The lowest BCUT2D eigenvalue weighted by atomic mass is 9.97. The Bertz CT molecular complexity index is 710. The number of benzene rings is 1. The topological polar surface area (TPSA) is 66.5 Å². The summed E-state index contributed by atoms with van der Waals surface area (Å²) in [6.07, 6.45) is -2.20. The molecule has 5 nitrogen and oxygen atoms in total. The highest BCUT2D eigenvalue weighted by molar-refractivity contribution is 7.89. The second kappa shape index (κ2) is 8.39. The summed E-state index contributed by atoms with van der Waals surface area (Å²) in [5.41, 5.74) is 1.06. The van der Waals surface area contributed by atoms with Crippen molar-refractivity contribution in [1.29, 1.82) is 0 Å². The molecule has 1 fully saturated rings. The number of carbonyl (C=O) groups excluding carboxylic acids is 1. The van der Waals surface area contributed by atoms with E-state index in [1.54, 1.807) is 24.3 Å². The molecule has 0 aliphatic carbocycles. The van der Waals surface area contributed by atoms with Crippen LogP contribution in [0.15, 0.2) is 29.2 Å². The number of halogens is 3.